The Kier molecular flexibility index (Phi) is 4.89. The van der Waals surface area contributed by atoms with E-state index in [1.54, 1.807) is 18.3 Å². The number of ketones is 1. The standard InChI is InChI=1S/C25H22FN5O/c1-13-8-19-15(3)28-25(30-21(19)9-14(13)2)31-24-27-12-20-22(29-24)10-17(11-23(20)32)16-4-6-18(26)7-5-16/h4-9,12,17H,10-11H2,1-3H3,(H,27,28,29,30,31). The summed E-state index contributed by atoms with van der Waals surface area (Å²) in [5, 5.41) is 4.10. The Labute approximate surface area is 185 Å². The number of carbonyl (C=O) groups excluding carboxylic acids is 1. The molecule has 0 aliphatic heterocycles. The molecule has 0 fully saturated rings. The van der Waals surface area contributed by atoms with Crippen LogP contribution in [0.4, 0.5) is 16.3 Å². The Morgan fingerprint density at radius 3 is 2.47 bits per heavy atom. The molecule has 0 saturated heterocycles. The van der Waals surface area contributed by atoms with Gasteiger partial charge < -0.3 is 0 Å². The molecule has 2 heterocycles. The van der Waals surface area contributed by atoms with Crippen molar-refractivity contribution in [3.05, 3.63) is 82.1 Å². The first-order chi connectivity index (χ1) is 15.4. The summed E-state index contributed by atoms with van der Waals surface area (Å²) in [7, 11) is 0. The number of rotatable bonds is 3. The molecule has 32 heavy (non-hydrogen) atoms. The maximum Gasteiger partial charge on any atom is 0.230 e. The number of benzene rings is 2. The van der Waals surface area contributed by atoms with Crippen molar-refractivity contribution in [3.63, 3.8) is 0 Å². The van der Waals surface area contributed by atoms with E-state index in [0.29, 0.717) is 36.0 Å². The third-order valence-corrected chi connectivity index (χ3v) is 6.11. The Hall–Kier alpha value is -3.74. The lowest BCUT2D eigenvalue weighted by molar-refractivity contribution is 0.0962. The number of hydrogen-bond donors (Lipinski definition) is 1. The van der Waals surface area contributed by atoms with Crippen molar-refractivity contribution in [1.82, 2.24) is 19.9 Å². The van der Waals surface area contributed by atoms with Gasteiger partial charge in [-0.15, -0.1) is 0 Å². The van der Waals surface area contributed by atoms with Crippen molar-refractivity contribution >= 4 is 28.6 Å². The Morgan fingerprint density at radius 1 is 0.938 bits per heavy atom. The first-order valence-corrected chi connectivity index (χ1v) is 10.5. The van der Waals surface area contributed by atoms with Gasteiger partial charge >= 0.3 is 0 Å². The number of nitrogens with zero attached hydrogens (tertiary/aromatic N) is 4. The minimum absolute atomic E-state index is 0.00392. The quantitative estimate of drug-likeness (QED) is 0.488. The Balaban J connectivity index is 1.45. The highest BCUT2D eigenvalue weighted by Gasteiger charge is 2.28. The van der Waals surface area contributed by atoms with Gasteiger partial charge in [-0.05, 0) is 74.1 Å². The highest BCUT2D eigenvalue weighted by molar-refractivity contribution is 5.98. The first-order valence-electron chi connectivity index (χ1n) is 10.5. The SMILES string of the molecule is Cc1cc2nc(Nc3ncc4c(n3)CC(c3ccc(F)cc3)CC4=O)nc(C)c2cc1C. The van der Waals surface area contributed by atoms with Crippen LogP contribution in [0.5, 0.6) is 0 Å². The van der Waals surface area contributed by atoms with E-state index in [0.717, 1.165) is 27.7 Å². The van der Waals surface area contributed by atoms with E-state index < -0.39 is 0 Å². The number of carbonyl (C=O) groups is 1. The summed E-state index contributed by atoms with van der Waals surface area (Å²) < 4.78 is 13.3. The molecule has 0 spiro atoms. The van der Waals surface area contributed by atoms with Crippen LogP contribution in [-0.4, -0.2) is 25.7 Å². The monoisotopic (exact) mass is 427 g/mol. The number of hydrogen-bond acceptors (Lipinski definition) is 6. The summed E-state index contributed by atoms with van der Waals surface area (Å²) in [5.74, 6) is 0.426. The molecule has 4 aromatic rings. The zero-order chi connectivity index (χ0) is 22.4. The van der Waals surface area contributed by atoms with Gasteiger partial charge in [-0.3, -0.25) is 10.1 Å². The number of aromatic nitrogens is 4. The van der Waals surface area contributed by atoms with Crippen LogP contribution >= 0.6 is 0 Å². The van der Waals surface area contributed by atoms with Gasteiger partial charge in [0.25, 0.3) is 0 Å². The number of aryl methyl sites for hydroxylation is 3. The third-order valence-electron chi connectivity index (χ3n) is 6.11. The lowest BCUT2D eigenvalue weighted by atomic mass is 9.82. The van der Waals surface area contributed by atoms with E-state index in [2.05, 4.69) is 45.2 Å². The molecule has 1 aliphatic rings. The molecule has 5 rings (SSSR count). The number of nitrogens with one attached hydrogen (secondary N) is 1. The summed E-state index contributed by atoms with van der Waals surface area (Å²) in [6, 6.07) is 10.4. The van der Waals surface area contributed by atoms with Crippen molar-refractivity contribution < 1.29 is 9.18 Å². The molecule has 0 radical (unpaired) electrons. The van der Waals surface area contributed by atoms with Gasteiger partial charge in [0.2, 0.25) is 11.9 Å². The van der Waals surface area contributed by atoms with E-state index in [4.69, 9.17) is 0 Å². The van der Waals surface area contributed by atoms with Gasteiger partial charge in [0.15, 0.2) is 5.78 Å². The van der Waals surface area contributed by atoms with Crippen molar-refractivity contribution in [3.8, 4) is 0 Å². The maximum absolute atomic E-state index is 13.3. The molecule has 0 bridgehead atoms. The minimum Gasteiger partial charge on any atom is -0.294 e. The molecule has 7 heteroatoms. The lowest BCUT2D eigenvalue weighted by Crippen LogP contribution is -2.21. The lowest BCUT2D eigenvalue weighted by Gasteiger charge is -2.23. The summed E-state index contributed by atoms with van der Waals surface area (Å²) >= 11 is 0. The van der Waals surface area contributed by atoms with Crippen LogP contribution in [-0.2, 0) is 6.42 Å². The predicted molar refractivity (Wildman–Crippen MR) is 121 cm³/mol. The number of halogens is 1. The molecule has 160 valence electrons. The normalized spacial score (nSPS) is 15.6. The second-order valence-electron chi connectivity index (χ2n) is 8.35. The fourth-order valence-corrected chi connectivity index (χ4v) is 4.17. The van der Waals surface area contributed by atoms with Gasteiger partial charge in [0.1, 0.15) is 5.82 Å². The van der Waals surface area contributed by atoms with Gasteiger partial charge in [0, 0.05) is 18.0 Å². The molecule has 1 aliphatic carbocycles. The smallest absolute Gasteiger partial charge is 0.230 e. The molecule has 1 unspecified atom stereocenters. The molecule has 2 aromatic carbocycles. The van der Waals surface area contributed by atoms with Crippen LogP contribution in [0.15, 0.2) is 42.6 Å². The molecule has 6 nitrogen and oxygen atoms in total. The summed E-state index contributed by atoms with van der Waals surface area (Å²) in [6.07, 6.45) is 2.51. The topological polar surface area (TPSA) is 80.7 Å². The predicted octanol–water partition coefficient (Wildman–Crippen LogP) is 5.14. The van der Waals surface area contributed by atoms with Crippen molar-refractivity contribution in [2.75, 3.05) is 5.32 Å². The van der Waals surface area contributed by atoms with Crippen LogP contribution in [0.1, 0.15) is 50.8 Å². The van der Waals surface area contributed by atoms with Crippen LogP contribution in [0.3, 0.4) is 0 Å². The molecular weight excluding hydrogens is 405 g/mol. The fraction of sp³-hybridized carbons (Fsp3) is 0.240. The average Bonchev–Trinajstić information content (AvgIpc) is 2.75. The number of fused-ring (bicyclic) bond motifs is 2. The summed E-state index contributed by atoms with van der Waals surface area (Å²) in [4.78, 5) is 30.8. The van der Waals surface area contributed by atoms with Gasteiger partial charge in [-0.1, -0.05) is 12.1 Å². The highest BCUT2D eigenvalue weighted by atomic mass is 19.1. The summed E-state index contributed by atoms with van der Waals surface area (Å²) in [5.41, 5.74) is 6.23. The molecule has 0 amide bonds. The molecular formula is C25H22FN5O. The van der Waals surface area contributed by atoms with E-state index in [9.17, 15) is 9.18 Å². The Morgan fingerprint density at radius 2 is 1.69 bits per heavy atom. The fourth-order valence-electron chi connectivity index (χ4n) is 4.17. The molecule has 1 atom stereocenters. The van der Waals surface area contributed by atoms with Crippen molar-refractivity contribution in [2.45, 2.75) is 39.5 Å². The number of anilines is 2. The van der Waals surface area contributed by atoms with Crippen molar-refractivity contribution in [2.24, 2.45) is 0 Å². The van der Waals surface area contributed by atoms with Gasteiger partial charge in [-0.2, -0.15) is 0 Å². The van der Waals surface area contributed by atoms with Crippen LogP contribution in [0.2, 0.25) is 0 Å². The minimum atomic E-state index is -0.291. The largest absolute Gasteiger partial charge is 0.294 e. The summed E-state index contributed by atoms with van der Waals surface area (Å²) in [6.45, 7) is 6.08. The van der Waals surface area contributed by atoms with Crippen LogP contribution in [0, 0.1) is 26.6 Å². The van der Waals surface area contributed by atoms with Gasteiger partial charge in [0.05, 0.1) is 22.5 Å². The molecule has 2 aromatic heterocycles. The van der Waals surface area contributed by atoms with Crippen LogP contribution in [0.25, 0.3) is 10.9 Å². The van der Waals surface area contributed by atoms with E-state index in [1.807, 2.05) is 13.0 Å². The van der Waals surface area contributed by atoms with E-state index >= 15 is 0 Å². The first kappa shape index (κ1) is 20.2. The molecule has 0 saturated carbocycles. The van der Waals surface area contributed by atoms with Crippen LogP contribution < -0.4 is 5.32 Å². The number of Topliss-reactive ketones (excluding diaryl/α,β-unsaturated/α-hetero) is 1. The van der Waals surface area contributed by atoms with Crippen molar-refractivity contribution in [1.29, 1.82) is 0 Å². The average molecular weight is 427 g/mol. The Bertz CT molecular complexity index is 1370. The zero-order valence-corrected chi connectivity index (χ0v) is 18.1. The molecule has 1 N–H and O–H groups in total. The second-order valence-corrected chi connectivity index (χ2v) is 8.35. The highest BCUT2D eigenvalue weighted by Crippen LogP contribution is 2.32. The van der Waals surface area contributed by atoms with E-state index in [-0.39, 0.29) is 17.5 Å². The maximum atomic E-state index is 13.3. The second kappa shape index (κ2) is 7.75. The zero-order valence-electron chi connectivity index (χ0n) is 18.1. The van der Waals surface area contributed by atoms with Gasteiger partial charge in [-0.25, -0.2) is 24.3 Å². The van der Waals surface area contributed by atoms with E-state index in [1.165, 1.54) is 17.7 Å². The third kappa shape index (κ3) is 3.70.